The molecule has 0 heterocycles. The summed E-state index contributed by atoms with van der Waals surface area (Å²) in [6, 6.07) is 5.22. The largest absolute Gasteiger partial charge is 0.444 e. The highest BCUT2D eigenvalue weighted by Gasteiger charge is 2.25. The fraction of sp³-hybridized carbons (Fsp3) is 0.444. The normalized spacial score (nSPS) is 13.2. The van der Waals surface area contributed by atoms with Gasteiger partial charge >= 0.3 is 6.09 Å². The third-order valence-electron chi connectivity index (χ3n) is 2.93. The third kappa shape index (κ3) is 7.08. The van der Waals surface area contributed by atoms with Crippen LogP contribution in [0.5, 0.6) is 0 Å². The molecule has 1 unspecified atom stereocenters. The maximum absolute atomic E-state index is 13.1. The van der Waals surface area contributed by atoms with Crippen LogP contribution in [0.2, 0.25) is 0 Å². The highest BCUT2D eigenvalue weighted by molar-refractivity contribution is 5.99. The minimum Gasteiger partial charge on any atom is -0.444 e. The summed E-state index contributed by atoms with van der Waals surface area (Å²) >= 11 is 0. The lowest BCUT2D eigenvalue weighted by Gasteiger charge is -2.24. The number of carbonyl (C=O) groups is 2. The summed E-state index contributed by atoms with van der Waals surface area (Å²) in [4.78, 5) is 24.1. The molecule has 0 fully saturated rings. The highest BCUT2D eigenvalue weighted by Crippen LogP contribution is 2.11. The predicted octanol–water partition coefficient (Wildman–Crippen LogP) is 3.96. The molecule has 1 aromatic rings. The molecule has 1 aromatic carbocycles. The molecule has 0 spiro atoms. The van der Waals surface area contributed by atoms with Gasteiger partial charge in [-0.1, -0.05) is 32.1 Å². The lowest BCUT2D eigenvalue weighted by atomic mass is 9.99. The van der Waals surface area contributed by atoms with Crippen molar-refractivity contribution in [2.75, 3.05) is 0 Å². The van der Waals surface area contributed by atoms with Crippen LogP contribution in [-0.4, -0.2) is 23.5 Å². The Kier molecular flexibility index (Phi) is 6.49. The molecule has 0 aromatic heterocycles. The van der Waals surface area contributed by atoms with E-state index in [2.05, 4.69) is 5.32 Å². The van der Waals surface area contributed by atoms with Gasteiger partial charge in [0.05, 0.1) is 6.04 Å². The molecule has 5 heteroatoms. The van der Waals surface area contributed by atoms with E-state index in [1.807, 2.05) is 13.8 Å². The molecule has 0 aliphatic carbocycles. The van der Waals surface area contributed by atoms with Crippen molar-refractivity contribution < 1.29 is 18.7 Å². The predicted molar refractivity (Wildman–Crippen MR) is 88.4 cm³/mol. The first kappa shape index (κ1) is 18.9. The maximum Gasteiger partial charge on any atom is 0.408 e. The molecular formula is C18H24FNO3. The average molecular weight is 321 g/mol. The number of rotatable bonds is 5. The van der Waals surface area contributed by atoms with Gasteiger partial charge in [-0.05, 0) is 50.5 Å². The summed E-state index contributed by atoms with van der Waals surface area (Å²) in [5, 5.41) is 2.58. The second-order valence-electron chi connectivity index (χ2n) is 6.66. The van der Waals surface area contributed by atoms with Gasteiger partial charge in [-0.15, -0.1) is 0 Å². The summed E-state index contributed by atoms with van der Waals surface area (Å²) in [5.74, 6) is -0.741. The Labute approximate surface area is 136 Å². The van der Waals surface area contributed by atoms with E-state index in [1.165, 1.54) is 24.3 Å². The van der Waals surface area contributed by atoms with Gasteiger partial charge in [0, 0.05) is 0 Å². The van der Waals surface area contributed by atoms with E-state index in [-0.39, 0.29) is 17.5 Å². The van der Waals surface area contributed by atoms with Gasteiger partial charge in [0.1, 0.15) is 11.4 Å². The van der Waals surface area contributed by atoms with Crippen LogP contribution in [0.25, 0.3) is 6.08 Å². The molecule has 126 valence electrons. The quantitative estimate of drug-likeness (QED) is 0.835. The van der Waals surface area contributed by atoms with Gasteiger partial charge in [0.25, 0.3) is 0 Å². The van der Waals surface area contributed by atoms with Gasteiger partial charge in [-0.2, -0.15) is 0 Å². The number of halogens is 1. The molecule has 0 aliphatic heterocycles. The molecule has 23 heavy (non-hydrogen) atoms. The Hall–Kier alpha value is -2.17. The van der Waals surface area contributed by atoms with E-state index in [0.29, 0.717) is 5.56 Å². The zero-order valence-corrected chi connectivity index (χ0v) is 14.2. The molecule has 0 aliphatic rings. The minimum absolute atomic E-state index is 0.104. The van der Waals surface area contributed by atoms with Crippen molar-refractivity contribution in [3.05, 3.63) is 41.7 Å². The number of carbonyl (C=O) groups excluding carboxylic acids is 2. The fourth-order valence-electron chi connectivity index (χ4n) is 1.89. The summed E-state index contributed by atoms with van der Waals surface area (Å²) in [6.07, 6.45) is 2.23. The third-order valence-corrected chi connectivity index (χ3v) is 2.93. The van der Waals surface area contributed by atoms with Crippen molar-refractivity contribution in [3.8, 4) is 0 Å². The highest BCUT2D eigenvalue weighted by atomic mass is 19.1. The second kappa shape index (κ2) is 7.90. The number of amides is 1. The topological polar surface area (TPSA) is 55.4 Å². The number of nitrogens with one attached hydrogen (secondary N) is 1. The number of ketones is 1. The van der Waals surface area contributed by atoms with Gasteiger partial charge in [-0.3, -0.25) is 4.79 Å². The van der Waals surface area contributed by atoms with E-state index in [4.69, 9.17) is 4.74 Å². The number of hydrogen-bond acceptors (Lipinski definition) is 3. The first-order valence-electron chi connectivity index (χ1n) is 7.55. The van der Waals surface area contributed by atoms with Crippen molar-refractivity contribution in [1.29, 1.82) is 0 Å². The fourth-order valence-corrected chi connectivity index (χ4v) is 1.89. The molecule has 0 saturated carbocycles. The van der Waals surface area contributed by atoms with Crippen molar-refractivity contribution in [1.82, 2.24) is 5.32 Å². The van der Waals surface area contributed by atoms with Gasteiger partial charge < -0.3 is 10.1 Å². The van der Waals surface area contributed by atoms with Gasteiger partial charge in [-0.25, -0.2) is 9.18 Å². The molecule has 4 nitrogen and oxygen atoms in total. The Morgan fingerprint density at radius 2 is 1.91 bits per heavy atom. The molecule has 1 atom stereocenters. The van der Waals surface area contributed by atoms with E-state index in [1.54, 1.807) is 32.9 Å². The van der Waals surface area contributed by atoms with Crippen LogP contribution >= 0.6 is 0 Å². The Morgan fingerprint density at radius 3 is 2.43 bits per heavy atom. The zero-order chi connectivity index (χ0) is 17.6. The standard InChI is InChI=1S/C18H24FNO3/c1-12(2)16(20-17(22)23-18(3,4)5)15(21)10-9-13-7-6-8-14(19)11-13/h6-12,16H,1-5H3,(H,20,22). The van der Waals surface area contributed by atoms with Crippen LogP contribution in [0, 0.1) is 11.7 Å². The first-order valence-corrected chi connectivity index (χ1v) is 7.55. The first-order chi connectivity index (χ1) is 10.6. The number of benzene rings is 1. The Morgan fingerprint density at radius 1 is 1.26 bits per heavy atom. The van der Waals surface area contributed by atoms with Crippen LogP contribution < -0.4 is 5.32 Å². The maximum atomic E-state index is 13.1. The lowest BCUT2D eigenvalue weighted by molar-refractivity contribution is -0.117. The van der Waals surface area contributed by atoms with Crippen molar-refractivity contribution in [3.63, 3.8) is 0 Å². The van der Waals surface area contributed by atoms with Crippen LogP contribution in [0.4, 0.5) is 9.18 Å². The molecule has 0 radical (unpaired) electrons. The summed E-state index contributed by atoms with van der Waals surface area (Å²) in [7, 11) is 0. The van der Waals surface area contributed by atoms with Gasteiger partial charge in [0.2, 0.25) is 0 Å². The summed E-state index contributed by atoms with van der Waals surface area (Å²) in [5.41, 5.74) is -0.0513. The smallest absolute Gasteiger partial charge is 0.408 e. The number of alkyl carbamates (subject to hydrolysis) is 1. The van der Waals surface area contributed by atoms with Crippen molar-refractivity contribution in [2.45, 2.75) is 46.3 Å². The second-order valence-corrected chi connectivity index (χ2v) is 6.66. The molecule has 0 saturated heterocycles. The molecule has 1 N–H and O–H groups in total. The number of hydrogen-bond donors (Lipinski definition) is 1. The number of ether oxygens (including phenoxy) is 1. The van der Waals surface area contributed by atoms with Gasteiger partial charge in [0.15, 0.2) is 5.78 Å². The van der Waals surface area contributed by atoms with E-state index >= 15 is 0 Å². The molecular weight excluding hydrogens is 297 g/mol. The minimum atomic E-state index is -0.699. The molecule has 0 bridgehead atoms. The van der Waals surface area contributed by atoms with Crippen LogP contribution in [0.3, 0.4) is 0 Å². The van der Waals surface area contributed by atoms with Crippen molar-refractivity contribution in [2.24, 2.45) is 5.92 Å². The van der Waals surface area contributed by atoms with Crippen LogP contribution in [-0.2, 0) is 9.53 Å². The molecule has 1 rings (SSSR count). The average Bonchev–Trinajstić information content (AvgIpc) is 2.40. The van der Waals surface area contributed by atoms with Crippen LogP contribution in [0.15, 0.2) is 30.3 Å². The Balaban J connectivity index is 2.77. The molecule has 1 amide bonds. The van der Waals surface area contributed by atoms with E-state index in [9.17, 15) is 14.0 Å². The van der Waals surface area contributed by atoms with Crippen molar-refractivity contribution >= 4 is 18.0 Å². The van der Waals surface area contributed by atoms with E-state index < -0.39 is 17.7 Å². The lowest BCUT2D eigenvalue weighted by Crippen LogP contribution is -2.45. The zero-order valence-electron chi connectivity index (χ0n) is 14.2. The summed E-state index contributed by atoms with van der Waals surface area (Å²) < 4.78 is 18.3. The Bertz CT molecular complexity index is 588. The monoisotopic (exact) mass is 321 g/mol. The SMILES string of the molecule is CC(C)C(NC(=O)OC(C)(C)C)C(=O)C=Cc1cccc(F)c1. The summed E-state index contributed by atoms with van der Waals surface area (Å²) in [6.45, 7) is 8.92. The van der Waals surface area contributed by atoms with Crippen LogP contribution in [0.1, 0.15) is 40.2 Å². The van der Waals surface area contributed by atoms with E-state index in [0.717, 1.165) is 0 Å².